The highest BCUT2D eigenvalue weighted by Gasteiger charge is 2.25. The van der Waals surface area contributed by atoms with E-state index in [2.05, 4.69) is 21.2 Å². The minimum atomic E-state index is -0.530. The minimum Gasteiger partial charge on any atom is -0.355 e. The Labute approximate surface area is 167 Å². The molecule has 1 unspecified atom stereocenters. The molecular weight excluding hydrogens is 412 g/mol. The number of halogens is 1. The molecule has 0 aromatic heterocycles. The molecule has 0 fully saturated rings. The van der Waals surface area contributed by atoms with Crippen molar-refractivity contribution < 1.29 is 9.59 Å². The second-order valence-corrected chi connectivity index (χ2v) is 7.79. The van der Waals surface area contributed by atoms with Crippen molar-refractivity contribution in [3.05, 3.63) is 64.6 Å². The Bertz CT molecular complexity index is 740. The van der Waals surface area contributed by atoms with Crippen LogP contribution >= 0.6 is 27.7 Å². The van der Waals surface area contributed by atoms with Gasteiger partial charge in [0.15, 0.2) is 0 Å². The van der Waals surface area contributed by atoms with E-state index in [4.69, 9.17) is 0 Å². The molecule has 1 N–H and O–H groups in total. The lowest BCUT2D eigenvalue weighted by Gasteiger charge is -2.28. The van der Waals surface area contributed by atoms with Gasteiger partial charge < -0.3 is 10.2 Å². The predicted octanol–water partition coefficient (Wildman–Crippen LogP) is 4.09. The lowest BCUT2D eigenvalue weighted by atomic mass is 10.1. The molecule has 4 nitrogen and oxygen atoms in total. The average molecular weight is 435 g/mol. The van der Waals surface area contributed by atoms with E-state index in [1.54, 1.807) is 11.8 Å². The quantitative estimate of drug-likeness (QED) is 0.636. The number of rotatable bonds is 8. The number of carbonyl (C=O) groups excluding carboxylic acids is 2. The number of carbonyl (C=O) groups is 2. The summed E-state index contributed by atoms with van der Waals surface area (Å²) in [7, 11) is 0. The van der Waals surface area contributed by atoms with E-state index in [0.717, 1.165) is 14.9 Å². The largest absolute Gasteiger partial charge is 0.355 e. The summed E-state index contributed by atoms with van der Waals surface area (Å²) < 4.78 is 0.951. The highest BCUT2D eigenvalue weighted by atomic mass is 79.9. The van der Waals surface area contributed by atoms with Crippen LogP contribution in [0.2, 0.25) is 0 Å². The SMILES string of the molecule is CCNC(=O)C(C)N(Cc1cccc(Br)c1)C(=O)CSc1ccccc1. The van der Waals surface area contributed by atoms with Crippen LogP contribution in [0, 0.1) is 0 Å². The van der Waals surface area contributed by atoms with Crippen molar-refractivity contribution in [3.8, 4) is 0 Å². The van der Waals surface area contributed by atoms with Crippen LogP contribution in [-0.4, -0.2) is 35.1 Å². The van der Waals surface area contributed by atoms with Gasteiger partial charge in [-0.1, -0.05) is 46.3 Å². The van der Waals surface area contributed by atoms with Crippen molar-refractivity contribution in [2.24, 2.45) is 0 Å². The van der Waals surface area contributed by atoms with Crippen molar-refractivity contribution in [3.63, 3.8) is 0 Å². The molecule has 138 valence electrons. The maximum Gasteiger partial charge on any atom is 0.242 e. The van der Waals surface area contributed by atoms with Crippen LogP contribution in [0.5, 0.6) is 0 Å². The number of hydrogen-bond acceptors (Lipinski definition) is 3. The van der Waals surface area contributed by atoms with Crippen LogP contribution < -0.4 is 5.32 Å². The van der Waals surface area contributed by atoms with Crippen molar-refractivity contribution in [2.45, 2.75) is 31.3 Å². The summed E-state index contributed by atoms with van der Waals surface area (Å²) in [6, 6.07) is 17.1. The summed E-state index contributed by atoms with van der Waals surface area (Å²) in [6.45, 7) is 4.58. The van der Waals surface area contributed by atoms with Gasteiger partial charge in [0.25, 0.3) is 0 Å². The van der Waals surface area contributed by atoms with Crippen molar-refractivity contribution in [2.75, 3.05) is 12.3 Å². The minimum absolute atomic E-state index is 0.0578. The standard InChI is InChI=1S/C20H23BrN2O2S/c1-3-22-20(25)15(2)23(13-16-8-7-9-17(21)12-16)19(24)14-26-18-10-5-4-6-11-18/h4-12,15H,3,13-14H2,1-2H3,(H,22,25). The fourth-order valence-corrected chi connectivity index (χ4v) is 3.73. The van der Waals surface area contributed by atoms with E-state index in [9.17, 15) is 9.59 Å². The van der Waals surface area contributed by atoms with Gasteiger partial charge in [-0.15, -0.1) is 11.8 Å². The van der Waals surface area contributed by atoms with Gasteiger partial charge in [-0.2, -0.15) is 0 Å². The molecule has 0 aliphatic heterocycles. The summed E-state index contributed by atoms with van der Waals surface area (Å²) >= 11 is 4.94. The van der Waals surface area contributed by atoms with Gasteiger partial charge in [-0.25, -0.2) is 0 Å². The Morgan fingerprint density at radius 3 is 2.54 bits per heavy atom. The highest BCUT2D eigenvalue weighted by molar-refractivity contribution is 9.10. The zero-order valence-corrected chi connectivity index (χ0v) is 17.3. The van der Waals surface area contributed by atoms with Crippen molar-refractivity contribution in [1.82, 2.24) is 10.2 Å². The first-order valence-corrected chi connectivity index (χ1v) is 10.3. The molecule has 0 saturated heterocycles. The van der Waals surface area contributed by atoms with Crippen LogP contribution in [-0.2, 0) is 16.1 Å². The molecule has 0 aliphatic carbocycles. The van der Waals surface area contributed by atoms with E-state index in [-0.39, 0.29) is 11.8 Å². The average Bonchev–Trinajstić information content (AvgIpc) is 2.64. The smallest absolute Gasteiger partial charge is 0.242 e. The molecular formula is C20H23BrN2O2S. The van der Waals surface area contributed by atoms with E-state index in [0.29, 0.717) is 18.8 Å². The zero-order chi connectivity index (χ0) is 18.9. The van der Waals surface area contributed by atoms with E-state index >= 15 is 0 Å². The van der Waals surface area contributed by atoms with Crippen LogP contribution in [0.1, 0.15) is 19.4 Å². The summed E-state index contributed by atoms with van der Waals surface area (Å²) in [5, 5.41) is 2.80. The fourth-order valence-electron chi connectivity index (χ4n) is 2.48. The topological polar surface area (TPSA) is 49.4 Å². The molecule has 0 radical (unpaired) electrons. The second-order valence-electron chi connectivity index (χ2n) is 5.82. The Morgan fingerprint density at radius 1 is 1.15 bits per heavy atom. The second kappa shape index (κ2) is 10.4. The lowest BCUT2D eigenvalue weighted by molar-refractivity contribution is -0.138. The van der Waals surface area contributed by atoms with Crippen LogP contribution in [0.3, 0.4) is 0 Å². The van der Waals surface area contributed by atoms with E-state index in [1.165, 1.54) is 11.8 Å². The molecule has 2 aromatic carbocycles. The number of hydrogen-bond donors (Lipinski definition) is 1. The molecule has 0 aliphatic rings. The Kier molecular flexibility index (Phi) is 8.19. The first kappa shape index (κ1) is 20.5. The zero-order valence-electron chi connectivity index (χ0n) is 14.9. The van der Waals surface area contributed by atoms with Crippen LogP contribution in [0.4, 0.5) is 0 Å². The van der Waals surface area contributed by atoms with Crippen molar-refractivity contribution in [1.29, 1.82) is 0 Å². The van der Waals surface area contributed by atoms with Crippen LogP contribution in [0.15, 0.2) is 64.0 Å². The fraction of sp³-hybridized carbons (Fsp3) is 0.300. The molecule has 2 rings (SSSR count). The van der Waals surface area contributed by atoms with E-state index < -0.39 is 6.04 Å². The molecule has 1 atom stereocenters. The highest BCUT2D eigenvalue weighted by Crippen LogP contribution is 2.20. The third-order valence-corrected chi connectivity index (χ3v) is 5.36. The molecule has 0 saturated carbocycles. The van der Waals surface area contributed by atoms with E-state index in [1.807, 2.05) is 61.5 Å². The molecule has 0 spiro atoms. The van der Waals surface area contributed by atoms with Gasteiger partial charge in [0.1, 0.15) is 6.04 Å². The molecule has 0 heterocycles. The Hall–Kier alpha value is -1.79. The molecule has 26 heavy (non-hydrogen) atoms. The first-order valence-electron chi connectivity index (χ1n) is 8.50. The maximum atomic E-state index is 12.9. The maximum absolute atomic E-state index is 12.9. The van der Waals surface area contributed by atoms with Gasteiger partial charge in [-0.05, 0) is 43.7 Å². The van der Waals surface area contributed by atoms with Gasteiger partial charge in [-0.3, -0.25) is 9.59 Å². The summed E-state index contributed by atoms with van der Waals surface area (Å²) in [6.07, 6.45) is 0. The molecule has 2 aromatic rings. The van der Waals surface area contributed by atoms with Gasteiger partial charge in [0, 0.05) is 22.5 Å². The number of nitrogens with zero attached hydrogens (tertiary/aromatic N) is 1. The number of benzene rings is 2. The van der Waals surface area contributed by atoms with Gasteiger partial charge in [0.2, 0.25) is 11.8 Å². The van der Waals surface area contributed by atoms with Gasteiger partial charge in [0.05, 0.1) is 5.75 Å². The Balaban J connectivity index is 2.12. The monoisotopic (exact) mass is 434 g/mol. The molecule has 6 heteroatoms. The number of thioether (sulfide) groups is 1. The predicted molar refractivity (Wildman–Crippen MR) is 110 cm³/mol. The summed E-state index contributed by atoms with van der Waals surface area (Å²) in [5.74, 6) is 0.0972. The molecule has 2 amide bonds. The third-order valence-electron chi connectivity index (χ3n) is 3.87. The third kappa shape index (κ3) is 6.18. The number of amides is 2. The van der Waals surface area contributed by atoms with Crippen molar-refractivity contribution >= 4 is 39.5 Å². The summed E-state index contributed by atoms with van der Waals surface area (Å²) in [5.41, 5.74) is 0.980. The number of likely N-dealkylation sites (N-methyl/N-ethyl adjacent to an activating group) is 1. The number of nitrogens with one attached hydrogen (secondary N) is 1. The van der Waals surface area contributed by atoms with Gasteiger partial charge >= 0.3 is 0 Å². The lowest BCUT2D eigenvalue weighted by Crippen LogP contribution is -2.48. The summed E-state index contributed by atoms with van der Waals surface area (Å²) in [4.78, 5) is 27.8. The normalized spacial score (nSPS) is 11.7. The Morgan fingerprint density at radius 2 is 1.88 bits per heavy atom. The van der Waals surface area contributed by atoms with Crippen LogP contribution in [0.25, 0.3) is 0 Å². The first-order chi connectivity index (χ1) is 12.5. The molecule has 0 bridgehead atoms.